The third-order valence-corrected chi connectivity index (χ3v) is 4.81. The van der Waals surface area contributed by atoms with Crippen LogP contribution >= 0.6 is 0 Å². The molecule has 0 bridgehead atoms. The van der Waals surface area contributed by atoms with E-state index in [0.29, 0.717) is 6.42 Å². The molecule has 6 heteroatoms. The molecule has 27 heavy (non-hydrogen) atoms. The summed E-state index contributed by atoms with van der Waals surface area (Å²) in [7, 11) is 0. The number of carbonyl (C=O) groups excluding carboxylic acids is 3. The maximum absolute atomic E-state index is 11.8. The molecule has 6 nitrogen and oxygen atoms in total. The molecule has 2 amide bonds. The number of hydrogen-bond acceptors (Lipinski definition) is 4. The minimum Gasteiger partial charge on any atom is -0.548 e. The molecule has 158 valence electrons. The quantitative estimate of drug-likeness (QED) is 0.334. The van der Waals surface area contributed by atoms with Gasteiger partial charge in [-0.1, -0.05) is 84.0 Å². The van der Waals surface area contributed by atoms with Gasteiger partial charge in [0.1, 0.15) is 0 Å². The molecule has 0 aliphatic rings. The lowest BCUT2D eigenvalue weighted by atomic mass is 10.0. The average molecular weight is 384 g/mol. The van der Waals surface area contributed by atoms with Crippen LogP contribution in [0.3, 0.4) is 0 Å². The first-order chi connectivity index (χ1) is 13.0. The van der Waals surface area contributed by atoms with Crippen molar-refractivity contribution in [3.8, 4) is 0 Å². The molecular weight excluding hydrogens is 344 g/mol. The smallest absolute Gasteiger partial charge is 0.220 e. The molecule has 0 radical (unpaired) electrons. The molecule has 0 heterocycles. The number of amides is 2. The van der Waals surface area contributed by atoms with Crippen LogP contribution in [0.4, 0.5) is 0 Å². The van der Waals surface area contributed by atoms with E-state index in [4.69, 9.17) is 5.73 Å². The molecule has 0 aromatic rings. The normalized spacial score (nSPS) is 11.9. The number of aliphatic carboxylic acids is 1. The maximum Gasteiger partial charge on any atom is 0.220 e. The summed E-state index contributed by atoms with van der Waals surface area (Å²) in [4.78, 5) is 33.5. The van der Waals surface area contributed by atoms with Crippen LogP contribution in [0.5, 0.6) is 0 Å². The first-order valence-corrected chi connectivity index (χ1v) is 10.8. The Kier molecular flexibility index (Phi) is 16.8. The van der Waals surface area contributed by atoms with Crippen molar-refractivity contribution in [3.63, 3.8) is 0 Å². The lowest BCUT2D eigenvalue weighted by Crippen LogP contribution is -2.48. The van der Waals surface area contributed by atoms with Crippen molar-refractivity contribution in [1.29, 1.82) is 0 Å². The number of primary amides is 1. The Labute approximate surface area is 164 Å². The second-order valence-corrected chi connectivity index (χ2v) is 7.44. The van der Waals surface area contributed by atoms with E-state index in [0.717, 1.165) is 19.3 Å². The van der Waals surface area contributed by atoms with Crippen LogP contribution in [-0.4, -0.2) is 23.8 Å². The van der Waals surface area contributed by atoms with Gasteiger partial charge in [-0.2, -0.15) is 0 Å². The molecule has 0 rings (SSSR count). The van der Waals surface area contributed by atoms with Gasteiger partial charge in [0.05, 0.1) is 12.0 Å². The summed E-state index contributed by atoms with van der Waals surface area (Å²) >= 11 is 0. The number of carboxylic acid groups (broad SMARTS) is 1. The van der Waals surface area contributed by atoms with Gasteiger partial charge in [0.25, 0.3) is 0 Å². The molecule has 0 aromatic carbocycles. The summed E-state index contributed by atoms with van der Waals surface area (Å²) in [5, 5.41) is 13.4. The number of carbonyl (C=O) groups is 3. The molecule has 0 aromatic heterocycles. The Morgan fingerprint density at radius 3 is 1.63 bits per heavy atom. The van der Waals surface area contributed by atoms with Gasteiger partial charge in [0.15, 0.2) is 0 Å². The standard InChI is InChI=1S/C21H40N2O4/c1-2-3-4-5-6-7-8-9-10-11-12-13-14-15-20(25)23-18(21(26)27)16-17-19(22)24/h18H,2-17H2,1H3,(H2,22,24)(H,23,25)(H,26,27)/p-1. The number of rotatable bonds is 19. The number of nitrogens with two attached hydrogens (primary N) is 1. The topological polar surface area (TPSA) is 112 Å². The Morgan fingerprint density at radius 1 is 0.778 bits per heavy atom. The number of hydrogen-bond donors (Lipinski definition) is 2. The van der Waals surface area contributed by atoms with Crippen molar-refractivity contribution in [3.05, 3.63) is 0 Å². The first-order valence-electron chi connectivity index (χ1n) is 10.8. The Bertz CT molecular complexity index is 413. The molecule has 0 spiro atoms. The SMILES string of the molecule is CCCCCCCCCCCCCCCC(=O)NC(CCC(N)=O)C(=O)[O-]. The van der Waals surface area contributed by atoms with E-state index >= 15 is 0 Å². The van der Waals surface area contributed by atoms with Crippen LogP contribution in [-0.2, 0) is 14.4 Å². The van der Waals surface area contributed by atoms with Gasteiger partial charge in [-0.15, -0.1) is 0 Å². The predicted molar refractivity (Wildman–Crippen MR) is 106 cm³/mol. The molecule has 0 fully saturated rings. The molecule has 3 N–H and O–H groups in total. The summed E-state index contributed by atoms with van der Waals surface area (Å²) in [6.07, 6.45) is 16.2. The molecule has 1 unspecified atom stereocenters. The predicted octanol–water partition coefficient (Wildman–Crippen LogP) is 2.97. The molecular formula is C21H39N2O4-. The maximum atomic E-state index is 11.8. The van der Waals surface area contributed by atoms with Gasteiger partial charge in [-0.3, -0.25) is 9.59 Å². The third kappa shape index (κ3) is 17.6. The average Bonchev–Trinajstić information content (AvgIpc) is 2.62. The van der Waals surface area contributed by atoms with Gasteiger partial charge < -0.3 is 21.0 Å². The van der Waals surface area contributed by atoms with E-state index in [1.165, 1.54) is 64.2 Å². The van der Waals surface area contributed by atoms with Gasteiger partial charge in [0, 0.05) is 12.8 Å². The minimum atomic E-state index is -1.38. The molecule has 0 aliphatic heterocycles. The van der Waals surface area contributed by atoms with E-state index in [1.807, 2.05) is 0 Å². The highest BCUT2D eigenvalue weighted by Crippen LogP contribution is 2.13. The fourth-order valence-electron chi connectivity index (χ4n) is 3.11. The summed E-state index contributed by atoms with van der Waals surface area (Å²) in [5.74, 6) is -2.28. The van der Waals surface area contributed by atoms with Crippen LogP contribution in [0.25, 0.3) is 0 Å². The van der Waals surface area contributed by atoms with Crippen molar-refractivity contribution in [2.24, 2.45) is 5.73 Å². The van der Waals surface area contributed by atoms with Crippen molar-refractivity contribution < 1.29 is 19.5 Å². The van der Waals surface area contributed by atoms with Crippen LogP contribution in [0, 0.1) is 0 Å². The minimum absolute atomic E-state index is 0.0258. The van der Waals surface area contributed by atoms with E-state index in [-0.39, 0.29) is 18.7 Å². The first kappa shape index (κ1) is 25.4. The molecule has 1 atom stereocenters. The fraction of sp³-hybridized carbons (Fsp3) is 0.857. The molecule has 0 saturated carbocycles. The van der Waals surface area contributed by atoms with Gasteiger partial charge >= 0.3 is 0 Å². The van der Waals surface area contributed by atoms with Crippen molar-refractivity contribution in [1.82, 2.24) is 5.32 Å². The zero-order chi connectivity index (χ0) is 20.3. The van der Waals surface area contributed by atoms with Crippen LogP contribution < -0.4 is 16.2 Å². The Hall–Kier alpha value is -1.59. The lowest BCUT2D eigenvalue weighted by Gasteiger charge is -2.19. The zero-order valence-corrected chi connectivity index (χ0v) is 17.1. The summed E-state index contributed by atoms with van der Waals surface area (Å²) in [6.45, 7) is 2.24. The fourth-order valence-corrected chi connectivity index (χ4v) is 3.11. The second kappa shape index (κ2) is 17.8. The van der Waals surface area contributed by atoms with E-state index < -0.39 is 17.9 Å². The third-order valence-electron chi connectivity index (χ3n) is 4.81. The van der Waals surface area contributed by atoms with Crippen LogP contribution in [0.15, 0.2) is 0 Å². The lowest BCUT2D eigenvalue weighted by molar-refractivity contribution is -0.308. The number of unbranched alkanes of at least 4 members (excludes halogenated alkanes) is 12. The second-order valence-electron chi connectivity index (χ2n) is 7.44. The monoisotopic (exact) mass is 383 g/mol. The highest BCUT2D eigenvalue weighted by molar-refractivity contribution is 5.83. The van der Waals surface area contributed by atoms with E-state index in [1.54, 1.807) is 0 Å². The van der Waals surface area contributed by atoms with Crippen LogP contribution in [0.1, 0.15) is 110 Å². The van der Waals surface area contributed by atoms with Crippen molar-refractivity contribution >= 4 is 17.8 Å². The molecule has 0 saturated heterocycles. The van der Waals surface area contributed by atoms with Crippen molar-refractivity contribution in [2.75, 3.05) is 0 Å². The highest BCUT2D eigenvalue weighted by Gasteiger charge is 2.14. The number of nitrogens with one attached hydrogen (secondary N) is 1. The Balaban J connectivity index is 3.51. The van der Waals surface area contributed by atoms with Gasteiger partial charge in [-0.25, -0.2) is 0 Å². The highest BCUT2D eigenvalue weighted by atomic mass is 16.4. The zero-order valence-electron chi connectivity index (χ0n) is 17.1. The van der Waals surface area contributed by atoms with Gasteiger partial charge in [-0.05, 0) is 12.8 Å². The largest absolute Gasteiger partial charge is 0.548 e. The Morgan fingerprint density at radius 2 is 1.22 bits per heavy atom. The summed E-state index contributed by atoms with van der Waals surface area (Å²) in [5.41, 5.74) is 5.00. The molecule has 0 aliphatic carbocycles. The van der Waals surface area contributed by atoms with E-state index in [9.17, 15) is 19.5 Å². The van der Waals surface area contributed by atoms with E-state index in [2.05, 4.69) is 12.2 Å². The summed E-state index contributed by atoms with van der Waals surface area (Å²) < 4.78 is 0. The van der Waals surface area contributed by atoms with Gasteiger partial charge in [0.2, 0.25) is 11.8 Å². The van der Waals surface area contributed by atoms with Crippen molar-refractivity contribution in [2.45, 2.75) is 116 Å². The van der Waals surface area contributed by atoms with Crippen LogP contribution in [0.2, 0.25) is 0 Å². The number of carboxylic acids is 1. The summed E-state index contributed by atoms with van der Waals surface area (Å²) in [6, 6.07) is -1.15.